The van der Waals surface area contributed by atoms with Crippen molar-refractivity contribution in [2.24, 2.45) is 0 Å². The molecule has 3 aromatic rings. The summed E-state index contributed by atoms with van der Waals surface area (Å²) < 4.78 is 16.8. The highest BCUT2D eigenvalue weighted by molar-refractivity contribution is 5.88. The lowest BCUT2D eigenvalue weighted by atomic mass is 9.87. The SMILES string of the molecule is Fc1ccccc1C1NCCC1c1cn2c3c(cccc13)CCC2. The molecule has 2 aliphatic rings. The number of halogens is 1. The largest absolute Gasteiger partial charge is 0.347 e. The summed E-state index contributed by atoms with van der Waals surface area (Å²) in [7, 11) is 0. The second-order valence-corrected chi connectivity index (χ2v) is 7.04. The summed E-state index contributed by atoms with van der Waals surface area (Å²) in [5, 5.41) is 4.90. The Labute approximate surface area is 141 Å². The Kier molecular flexibility index (Phi) is 3.23. The number of rotatable bonds is 2. The van der Waals surface area contributed by atoms with Crippen molar-refractivity contribution in [2.75, 3.05) is 6.54 Å². The zero-order valence-electron chi connectivity index (χ0n) is 13.6. The van der Waals surface area contributed by atoms with E-state index in [4.69, 9.17) is 0 Å². The maximum atomic E-state index is 14.3. The third-order valence-electron chi connectivity index (χ3n) is 5.72. The fraction of sp³-hybridized carbons (Fsp3) is 0.333. The summed E-state index contributed by atoms with van der Waals surface area (Å²) in [4.78, 5) is 0. The first-order valence-electron chi connectivity index (χ1n) is 8.91. The van der Waals surface area contributed by atoms with E-state index in [9.17, 15) is 4.39 Å². The highest BCUT2D eigenvalue weighted by atomic mass is 19.1. The summed E-state index contributed by atoms with van der Waals surface area (Å²) in [6, 6.07) is 13.9. The predicted octanol–water partition coefficient (Wildman–Crippen LogP) is 4.54. The quantitative estimate of drug-likeness (QED) is 0.733. The maximum Gasteiger partial charge on any atom is 0.128 e. The first kappa shape index (κ1) is 14.2. The van der Waals surface area contributed by atoms with E-state index in [1.54, 1.807) is 12.1 Å². The van der Waals surface area contributed by atoms with Crippen molar-refractivity contribution >= 4 is 10.9 Å². The standard InChI is InChI=1S/C21H21FN2/c22-19-9-2-1-7-17(19)20-15(10-11-23-20)18-13-24-12-4-6-14-5-3-8-16(18)21(14)24/h1-3,5,7-9,13,15,20,23H,4,6,10-12H2. The molecule has 1 saturated heterocycles. The first-order valence-corrected chi connectivity index (χ1v) is 8.91. The molecule has 2 nitrogen and oxygen atoms in total. The van der Waals surface area contributed by atoms with Crippen LogP contribution in [0.4, 0.5) is 4.39 Å². The summed E-state index contributed by atoms with van der Waals surface area (Å²) >= 11 is 0. The van der Waals surface area contributed by atoms with Crippen LogP contribution in [-0.4, -0.2) is 11.1 Å². The molecule has 0 bridgehead atoms. The zero-order valence-corrected chi connectivity index (χ0v) is 13.6. The number of aromatic nitrogens is 1. The normalized spacial score (nSPS) is 23.0. The maximum absolute atomic E-state index is 14.3. The molecular formula is C21H21FN2. The van der Waals surface area contributed by atoms with E-state index < -0.39 is 0 Å². The van der Waals surface area contributed by atoms with E-state index >= 15 is 0 Å². The van der Waals surface area contributed by atoms with Gasteiger partial charge in [0.1, 0.15) is 5.82 Å². The van der Waals surface area contributed by atoms with Gasteiger partial charge in [-0.1, -0.05) is 36.4 Å². The monoisotopic (exact) mass is 320 g/mol. The van der Waals surface area contributed by atoms with Crippen LogP contribution in [0.3, 0.4) is 0 Å². The minimum atomic E-state index is -0.101. The Morgan fingerprint density at radius 2 is 1.96 bits per heavy atom. The highest BCUT2D eigenvalue weighted by Gasteiger charge is 2.33. The van der Waals surface area contributed by atoms with Crippen molar-refractivity contribution in [3.05, 3.63) is 71.2 Å². The Morgan fingerprint density at radius 1 is 1.04 bits per heavy atom. The topological polar surface area (TPSA) is 17.0 Å². The van der Waals surface area contributed by atoms with Crippen LogP contribution in [0.2, 0.25) is 0 Å². The number of hydrogen-bond donors (Lipinski definition) is 1. The molecule has 1 aromatic heterocycles. The molecule has 24 heavy (non-hydrogen) atoms. The van der Waals surface area contributed by atoms with E-state index in [0.29, 0.717) is 5.92 Å². The van der Waals surface area contributed by atoms with Crippen LogP contribution < -0.4 is 5.32 Å². The van der Waals surface area contributed by atoms with E-state index in [-0.39, 0.29) is 11.9 Å². The van der Waals surface area contributed by atoms with Gasteiger partial charge in [-0.25, -0.2) is 4.39 Å². The molecule has 3 heteroatoms. The van der Waals surface area contributed by atoms with E-state index in [0.717, 1.165) is 25.1 Å². The van der Waals surface area contributed by atoms with Crippen molar-refractivity contribution in [1.29, 1.82) is 0 Å². The lowest BCUT2D eigenvalue weighted by Gasteiger charge is -2.20. The van der Waals surface area contributed by atoms with Gasteiger partial charge in [-0.3, -0.25) is 0 Å². The van der Waals surface area contributed by atoms with Crippen molar-refractivity contribution < 1.29 is 4.39 Å². The Balaban J connectivity index is 1.65. The van der Waals surface area contributed by atoms with Gasteiger partial charge in [0.15, 0.2) is 0 Å². The molecule has 0 radical (unpaired) electrons. The molecule has 2 aliphatic heterocycles. The summed E-state index contributed by atoms with van der Waals surface area (Å²) in [6.45, 7) is 2.04. The minimum absolute atomic E-state index is 0.0645. The van der Waals surface area contributed by atoms with E-state index in [2.05, 4.69) is 34.3 Å². The summed E-state index contributed by atoms with van der Waals surface area (Å²) in [5.74, 6) is 0.231. The Hall–Kier alpha value is -2.13. The summed E-state index contributed by atoms with van der Waals surface area (Å²) in [6.07, 6.45) is 5.77. The lowest BCUT2D eigenvalue weighted by molar-refractivity contribution is 0.526. The molecule has 5 rings (SSSR count). The van der Waals surface area contributed by atoms with Crippen molar-refractivity contribution in [1.82, 2.24) is 9.88 Å². The van der Waals surface area contributed by atoms with Gasteiger partial charge in [-0.2, -0.15) is 0 Å². The number of hydrogen-bond acceptors (Lipinski definition) is 1. The molecule has 0 amide bonds. The third kappa shape index (κ3) is 2.04. The molecule has 2 aromatic carbocycles. The lowest BCUT2D eigenvalue weighted by Crippen LogP contribution is -2.18. The van der Waals surface area contributed by atoms with E-state index in [1.807, 2.05) is 12.1 Å². The molecule has 0 spiro atoms. The molecule has 122 valence electrons. The highest BCUT2D eigenvalue weighted by Crippen LogP contribution is 2.43. The molecule has 0 aliphatic carbocycles. The Bertz CT molecular complexity index is 911. The van der Waals surface area contributed by atoms with Crippen molar-refractivity contribution in [3.8, 4) is 0 Å². The number of nitrogens with one attached hydrogen (secondary N) is 1. The third-order valence-corrected chi connectivity index (χ3v) is 5.72. The van der Waals surface area contributed by atoms with Gasteiger partial charge in [0.2, 0.25) is 0 Å². The second-order valence-electron chi connectivity index (χ2n) is 7.04. The average molecular weight is 320 g/mol. The number of nitrogens with zero attached hydrogens (tertiary/aromatic N) is 1. The van der Waals surface area contributed by atoms with Gasteiger partial charge < -0.3 is 9.88 Å². The molecule has 1 fully saturated rings. The van der Waals surface area contributed by atoms with Crippen LogP contribution in [0.25, 0.3) is 10.9 Å². The van der Waals surface area contributed by atoms with Crippen LogP contribution in [0, 0.1) is 5.82 Å². The first-order chi connectivity index (χ1) is 11.8. The van der Waals surface area contributed by atoms with Crippen LogP contribution in [-0.2, 0) is 13.0 Å². The van der Waals surface area contributed by atoms with E-state index in [1.165, 1.54) is 34.9 Å². The van der Waals surface area contributed by atoms with Crippen molar-refractivity contribution in [3.63, 3.8) is 0 Å². The van der Waals surface area contributed by atoms with Crippen LogP contribution in [0.5, 0.6) is 0 Å². The predicted molar refractivity (Wildman–Crippen MR) is 94.8 cm³/mol. The van der Waals surface area contributed by atoms with Gasteiger partial charge in [0, 0.05) is 35.7 Å². The number of para-hydroxylation sites is 1. The van der Waals surface area contributed by atoms with Gasteiger partial charge in [-0.15, -0.1) is 0 Å². The van der Waals surface area contributed by atoms with Crippen LogP contribution in [0.1, 0.15) is 41.5 Å². The molecular weight excluding hydrogens is 299 g/mol. The number of aryl methyl sites for hydroxylation is 2. The molecule has 2 unspecified atom stereocenters. The van der Waals surface area contributed by atoms with Gasteiger partial charge in [-0.05, 0) is 43.0 Å². The molecule has 3 heterocycles. The average Bonchev–Trinajstić information content (AvgIpc) is 3.22. The fourth-order valence-electron chi connectivity index (χ4n) is 4.67. The van der Waals surface area contributed by atoms with Crippen LogP contribution >= 0.6 is 0 Å². The fourth-order valence-corrected chi connectivity index (χ4v) is 4.67. The van der Waals surface area contributed by atoms with Crippen LogP contribution in [0.15, 0.2) is 48.7 Å². The minimum Gasteiger partial charge on any atom is -0.347 e. The molecule has 0 saturated carbocycles. The Morgan fingerprint density at radius 3 is 2.88 bits per heavy atom. The molecule has 2 atom stereocenters. The van der Waals surface area contributed by atoms with Gasteiger partial charge in [0.25, 0.3) is 0 Å². The second kappa shape index (κ2) is 5.45. The molecule has 1 N–H and O–H groups in total. The summed E-state index contributed by atoms with van der Waals surface area (Å²) in [5.41, 5.74) is 5.04. The van der Waals surface area contributed by atoms with Gasteiger partial charge in [0.05, 0.1) is 5.52 Å². The van der Waals surface area contributed by atoms with Gasteiger partial charge >= 0.3 is 0 Å². The smallest absolute Gasteiger partial charge is 0.128 e. The van der Waals surface area contributed by atoms with Crippen molar-refractivity contribution in [2.45, 2.75) is 37.8 Å². The zero-order chi connectivity index (χ0) is 16.1. The number of benzene rings is 2.